The number of benzene rings is 1. The Morgan fingerprint density at radius 3 is 2.62 bits per heavy atom. The summed E-state index contributed by atoms with van der Waals surface area (Å²) in [6.07, 6.45) is -1.59. The van der Waals surface area contributed by atoms with Crippen LogP contribution in [0.4, 0.5) is 10.5 Å². The maximum atomic E-state index is 12.4. The van der Waals surface area contributed by atoms with Crippen molar-refractivity contribution in [2.24, 2.45) is 0 Å². The maximum Gasteiger partial charge on any atom is 0.319 e. The summed E-state index contributed by atoms with van der Waals surface area (Å²) in [6, 6.07) is 5.78. The van der Waals surface area contributed by atoms with Gasteiger partial charge in [-0.2, -0.15) is 0 Å². The van der Waals surface area contributed by atoms with Crippen molar-refractivity contribution in [1.29, 1.82) is 0 Å². The molecule has 2 fully saturated rings. The number of hydrogen-bond donors (Lipinski definition) is 3. The van der Waals surface area contributed by atoms with Crippen LogP contribution in [0.3, 0.4) is 0 Å². The van der Waals surface area contributed by atoms with Crippen LogP contribution < -0.4 is 15.4 Å². The summed E-state index contributed by atoms with van der Waals surface area (Å²) in [7, 11) is 1.59. The summed E-state index contributed by atoms with van der Waals surface area (Å²) < 4.78 is 16.7. The van der Waals surface area contributed by atoms with Crippen LogP contribution in [-0.4, -0.2) is 73.4 Å². The summed E-state index contributed by atoms with van der Waals surface area (Å²) in [5.41, 5.74) is 0.635. The Hall–Kier alpha value is -1.87. The number of likely N-dealkylation sites (N-methyl/N-ethyl adjacent to an activating group) is 1. The number of rotatable bonds is 6. The third-order valence-electron chi connectivity index (χ3n) is 5.01. The number of aliphatic hydroxyl groups excluding tert-OH is 1. The number of ether oxygens (including phenoxy) is 3. The van der Waals surface area contributed by atoms with Crippen molar-refractivity contribution in [2.75, 3.05) is 32.1 Å². The van der Waals surface area contributed by atoms with E-state index < -0.39 is 24.5 Å². The van der Waals surface area contributed by atoms with Gasteiger partial charge in [0, 0.05) is 5.69 Å². The summed E-state index contributed by atoms with van der Waals surface area (Å²) >= 11 is 0. The Labute approximate surface area is 153 Å². The first-order valence-electron chi connectivity index (χ1n) is 8.98. The molecule has 0 spiro atoms. The number of methoxy groups -OCH3 is 1. The Bertz CT molecular complexity index is 605. The van der Waals surface area contributed by atoms with E-state index in [0.717, 1.165) is 13.1 Å². The van der Waals surface area contributed by atoms with Crippen molar-refractivity contribution < 1.29 is 24.1 Å². The number of anilines is 1. The quantitative estimate of drug-likeness (QED) is 0.697. The molecule has 8 nitrogen and oxygen atoms in total. The van der Waals surface area contributed by atoms with Gasteiger partial charge in [0.1, 0.15) is 11.9 Å². The highest BCUT2D eigenvalue weighted by atomic mass is 16.7. The van der Waals surface area contributed by atoms with Crippen LogP contribution in [-0.2, 0) is 9.47 Å². The highest BCUT2D eigenvalue weighted by Gasteiger charge is 2.52. The molecular formula is C18H27N3O5. The summed E-state index contributed by atoms with van der Waals surface area (Å²) in [5, 5.41) is 16.5. The molecule has 1 aromatic carbocycles. The fourth-order valence-corrected chi connectivity index (χ4v) is 3.61. The van der Waals surface area contributed by atoms with Crippen LogP contribution in [0.5, 0.6) is 5.75 Å². The highest BCUT2D eigenvalue weighted by Crippen LogP contribution is 2.31. The molecule has 26 heavy (non-hydrogen) atoms. The van der Waals surface area contributed by atoms with Gasteiger partial charge in [0.25, 0.3) is 0 Å². The molecule has 2 aliphatic rings. The van der Waals surface area contributed by atoms with Gasteiger partial charge in [-0.05, 0) is 37.4 Å². The fourth-order valence-electron chi connectivity index (χ4n) is 3.61. The molecule has 2 bridgehead atoms. The number of amides is 2. The predicted octanol–water partition coefficient (Wildman–Crippen LogP) is 1.01. The molecular weight excluding hydrogens is 338 g/mol. The first kappa shape index (κ1) is 18.9. The van der Waals surface area contributed by atoms with Crippen LogP contribution in [0.15, 0.2) is 24.3 Å². The standard InChI is InChI=1S/C18H27N3O5/c1-4-21(5-2)15-16(22)14(13-10-25-17(15)26-13)20-18(23)19-11-6-8-12(24-3)9-7-11/h6-9,13-17,22H,4-5,10H2,1-3H3,(H2,19,20,23). The second kappa shape index (κ2) is 8.22. The van der Waals surface area contributed by atoms with Crippen molar-refractivity contribution in [3.05, 3.63) is 24.3 Å². The average Bonchev–Trinajstić information content (AvgIpc) is 3.08. The lowest BCUT2D eigenvalue weighted by Crippen LogP contribution is -2.65. The number of urea groups is 1. The molecule has 2 amide bonds. The number of nitrogens with one attached hydrogen (secondary N) is 2. The second-order valence-electron chi connectivity index (χ2n) is 6.43. The van der Waals surface area contributed by atoms with E-state index in [4.69, 9.17) is 14.2 Å². The van der Waals surface area contributed by atoms with Crippen molar-refractivity contribution in [3.63, 3.8) is 0 Å². The summed E-state index contributed by atoms with van der Waals surface area (Å²) in [6.45, 7) is 5.92. The van der Waals surface area contributed by atoms with Crippen LogP contribution in [0.1, 0.15) is 13.8 Å². The van der Waals surface area contributed by atoms with Gasteiger partial charge in [-0.3, -0.25) is 4.90 Å². The lowest BCUT2D eigenvalue weighted by molar-refractivity contribution is -0.179. The molecule has 0 radical (unpaired) electrons. The molecule has 2 aliphatic heterocycles. The summed E-state index contributed by atoms with van der Waals surface area (Å²) in [4.78, 5) is 14.5. The molecule has 0 aromatic heterocycles. The smallest absolute Gasteiger partial charge is 0.319 e. The van der Waals surface area contributed by atoms with Crippen LogP contribution in [0, 0.1) is 0 Å². The monoisotopic (exact) mass is 365 g/mol. The van der Waals surface area contributed by atoms with Gasteiger partial charge in [-0.25, -0.2) is 4.79 Å². The first-order chi connectivity index (χ1) is 12.6. The molecule has 0 aliphatic carbocycles. The van der Waals surface area contributed by atoms with Crippen LogP contribution >= 0.6 is 0 Å². The van der Waals surface area contributed by atoms with Gasteiger partial charge in [0.15, 0.2) is 6.29 Å². The first-order valence-corrected chi connectivity index (χ1v) is 8.98. The van der Waals surface area contributed by atoms with Crippen molar-refractivity contribution >= 4 is 11.7 Å². The maximum absolute atomic E-state index is 12.4. The Morgan fingerprint density at radius 1 is 1.31 bits per heavy atom. The van der Waals surface area contributed by atoms with Gasteiger partial charge >= 0.3 is 6.03 Å². The van der Waals surface area contributed by atoms with Crippen LogP contribution in [0.2, 0.25) is 0 Å². The highest BCUT2D eigenvalue weighted by molar-refractivity contribution is 5.89. The number of nitrogens with zero attached hydrogens (tertiary/aromatic N) is 1. The van der Waals surface area contributed by atoms with E-state index >= 15 is 0 Å². The average molecular weight is 365 g/mol. The van der Waals surface area contributed by atoms with E-state index in [-0.39, 0.29) is 12.1 Å². The lowest BCUT2D eigenvalue weighted by Gasteiger charge is -2.43. The number of carbonyl (C=O) groups is 1. The van der Waals surface area contributed by atoms with E-state index in [1.54, 1.807) is 31.4 Å². The second-order valence-corrected chi connectivity index (χ2v) is 6.43. The third kappa shape index (κ3) is 3.78. The molecule has 144 valence electrons. The van der Waals surface area contributed by atoms with Gasteiger partial charge in [-0.15, -0.1) is 0 Å². The van der Waals surface area contributed by atoms with Gasteiger partial charge < -0.3 is 30.0 Å². The summed E-state index contributed by atoms with van der Waals surface area (Å²) in [5.74, 6) is 0.711. The topological polar surface area (TPSA) is 92.3 Å². The Morgan fingerprint density at radius 2 is 2.00 bits per heavy atom. The molecule has 2 heterocycles. The molecule has 2 saturated heterocycles. The van der Waals surface area contributed by atoms with Gasteiger partial charge in [0.2, 0.25) is 0 Å². The normalized spacial score (nSPS) is 30.3. The number of aliphatic hydroxyl groups is 1. The van der Waals surface area contributed by atoms with E-state index in [2.05, 4.69) is 15.5 Å². The van der Waals surface area contributed by atoms with E-state index in [9.17, 15) is 9.90 Å². The van der Waals surface area contributed by atoms with E-state index in [1.807, 2.05) is 13.8 Å². The lowest BCUT2D eigenvalue weighted by atomic mass is 9.95. The van der Waals surface area contributed by atoms with Crippen molar-refractivity contribution in [1.82, 2.24) is 10.2 Å². The number of hydrogen-bond acceptors (Lipinski definition) is 6. The largest absolute Gasteiger partial charge is 0.497 e. The van der Waals surface area contributed by atoms with Crippen molar-refractivity contribution in [2.45, 2.75) is 44.4 Å². The molecule has 1 aromatic rings. The molecule has 3 N–H and O–H groups in total. The minimum absolute atomic E-state index is 0.310. The molecule has 8 heteroatoms. The Kier molecular flexibility index (Phi) is 5.98. The molecule has 5 unspecified atom stereocenters. The zero-order valence-corrected chi connectivity index (χ0v) is 15.3. The zero-order chi connectivity index (χ0) is 18.7. The van der Waals surface area contributed by atoms with E-state index in [0.29, 0.717) is 18.0 Å². The van der Waals surface area contributed by atoms with Crippen LogP contribution in [0.25, 0.3) is 0 Å². The third-order valence-corrected chi connectivity index (χ3v) is 5.01. The number of carbonyl (C=O) groups excluding carboxylic acids is 1. The SMILES string of the molecule is CCN(CC)C1C2OCC(O2)C(NC(=O)Nc2ccc(OC)cc2)C1O. The molecule has 5 atom stereocenters. The van der Waals surface area contributed by atoms with Crippen molar-refractivity contribution in [3.8, 4) is 5.75 Å². The number of fused-ring (bicyclic) bond motifs is 2. The zero-order valence-electron chi connectivity index (χ0n) is 15.3. The fraction of sp³-hybridized carbons (Fsp3) is 0.611. The Balaban J connectivity index is 1.66. The molecule has 0 saturated carbocycles. The van der Waals surface area contributed by atoms with Gasteiger partial charge in [-0.1, -0.05) is 13.8 Å². The van der Waals surface area contributed by atoms with E-state index in [1.165, 1.54) is 0 Å². The predicted molar refractivity (Wildman–Crippen MR) is 96.3 cm³/mol. The minimum atomic E-state index is -0.775. The molecule has 3 rings (SSSR count). The minimum Gasteiger partial charge on any atom is -0.497 e. The van der Waals surface area contributed by atoms with Gasteiger partial charge in [0.05, 0.1) is 31.9 Å².